The summed E-state index contributed by atoms with van der Waals surface area (Å²) in [6.45, 7) is 0. The van der Waals surface area contributed by atoms with E-state index in [-0.39, 0.29) is 22.6 Å². The molecule has 78 valence electrons. The lowest BCUT2D eigenvalue weighted by Crippen LogP contribution is -2.09. The molecule has 0 aliphatic rings. The van der Waals surface area contributed by atoms with Gasteiger partial charge in [0.2, 0.25) is 0 Å². The van der Waals surface area contributed by atoms with Gasteiger partial charge in [0.25, 0.3) is 0 Å². The second-order valence-corrected chi connectivity index (χ2v) is 2.71. The zero-order valence-electron chi connectivity index (χ0n) is 8.40. The van der Waals surface area contributed by atoms with Gasteiger partial charge in [-0.25, -0.2) is 4.79 Å². The fourth-order valence-electron chi connectivity index (χ4n) is 1.21. The monoisotopic (exact) mass is 206 g/mol. The molecule has 0 aliphatic heterocycles. The lowest BCUT2D eigenvalue weighted by Gasteiger charge is -2.10. The van der Waals surface area contributed by atoms with Crippen molar-refractivity contribution in [3.8, 4) is 11.8 Å². The van der Waals surface area contributed by atoms with Crippen LogP contribution in [0.4, 0.5) is 5.69 Å². The molecule has 0 bridgehead atoms. The summed E-state index contributed by atoms with van der Waals surface area (Å²) in [5, 5.41) is 8.80. The van der Waals surface area contributed by atoms with Crippen LogP contribution in [0.5, 0.6) is 5.75 Å². The predicted octanol–water partition coefficient (Wildman–Crippen LogP) is 0.936. The van der Waals surface area contributed by atoms with Crippen molar-refractivity contribution < 1.29 is 14.3 Å². The number of hydrogen-bond acceptors (Lipinski definition) is 5. The largest absolute Gasteiger partial charge is 0.494 e. The second-order valence-electron chi connectivity index (χ2n) is 2.71. The highest BCUT2D eigenvalue weighted by Gasteiger charge is 2.19. The fraction of sp³-hybridized carbons (Fsp3) is 0.200. The molecule has 15 heavy (non-hydrogen) atoms. The number of nitriles is 1. The maximum Gasteiger partial charge on any atom is 0.343 e. The van der Waals surface area contributed by atoms with Gasteiger partial charge in [0, 0.05) is 0 Å². The Bertz CT molecular complexity index is 435. The van der Waals surface area contributed by atoms with Gasteiger partial charge in [-0.15, -0.1) is 0 Å². The average Bonchev–Trinajstić information content (AvgIpc) is 2.27. The number of hydrogen-bond donors (Lipinski definition) is 1. The summed E-state index contributed by atoms with van der Waals surface area (Å²) in [5.74, 6) is -0.481. The molecule has 2 N–H and O–H groups in total. The Kier molecular flexibility index (Phi) is 3.13. The highest BCUT2D eigenvalue weighted by atomic mass is 16.5. The van der Waals surface area contributed by atoms with Gasteiger partial charge in [-0.1, -0.05) is 0 Å². The van der Waals surface area contributed by atoms with Crippen LogP contribution in [0.1, 0.15) is 15.9 Å². The first-order valence-corrected chi connectivity index (χ1v) is 4.10. The lowest BCUT2D eigenvalue weighted by molar-refractivity contribution is 0.0598. The Morgan fingerprint density at radius 1 is 1.47 bits per heavy atom. The van der Waals surface area contributed by atoms with E-state index in [4.69, 9.17) is 15.7 Å². The van der Waals surface area contributed by atoms with Crippen LogP contribution < -0.4 is 10.5 Å². The van der Waals surface area contributed by atoms with Gasteiger partial charge in [-0.2, -0.15) is 5.26 Å². The van der Waals surface area contributed by atoms with Crippen LogP contribution in [0.2, 0.25) is 0 Å². The number of anilines is 1. The molecular formula is C10H10N2O3. The minimum absolute atomic E-state index is 0.0825. The van der Waals surface area contributed by atoms with Gasteiger partial charge in [-0.3, -0.25) is 0 Å². The Labute approximate surface area is 87.0 Å². The fourth-order valence-corrected chi connectivity index (χ4v) is 1.21. The van der Waals surface area contributed by atoms with E-state index >= 15 is 0 Å². The molecule has 0 fully saturated rings. The van der Waals surface area contributed by atoms with E-state index in [2.05, 4.69) is 4.74 Å². The first kappa shape index (κ1) is 10.9. The summed E-state index contributed by atoms with van der Waals surface area (Å²) in [5.41, 5.74) is 6.15. The third-order valence-electron chi connectivity index (χ3n) is 1.90. The van der Waals surface area contributed by atoms with E-state index in [1.165, 1.54) is 26.4 Å². The number of nitrogen functional groups attached to an aromatic ring is 1. The number of carbonyl (C=O) groups is 1. The zero-order valence-corrected chi connectivity index (χ0v) is 8.40. The molecule has 0 saturated heterocycles. The van der Waals surface area contributed by atoms with Gasteiger partial charge < -0.3 is 15.2 Å². The summed E-state index contributed by atoms with van der Waals surface area (Å²) in [4.78, 5) is 11.4. The Balaban J connectivity index is 3.47. The number of nitrogens with two attached hydrogens (primary N) is 1. The smallest absolute Gasteiger partial charge is 0.343 e. The number of rotatable bonds is 2. The van der Waals surface area contributed by atoms with Crippen LogP contribution in [0.15, 0.2) is 12.1 Å². The van der Waals surface area contributed by atoms with Crippen molar-refractivity contribution in [1.82, 2.24) is 0 Å². The Hall–Kier alpha value is -2.22. The molecule has 0 amide bonds. The van der Waals surface area contributed by atoms with Crippen molar-refractivity contribution in [3.05, 3.63) is 23.3 Å². The maximum absolute atomic E-state index is 11.4. The molecule has 5 heteroatoms. The number of ether oxygens (including phenoxy) is 2. The summed E-state index contributed by atoms with van der Waals surface area (Å²) in [7, 11) is 2.60. The molecule has 0 aromatic heterocycles. The number of benzene rings is 1. The quantitative estimate of drug-likeness (QED) is 0.574. The Morgan fingerprint density at radius 2 is 2.13 bits per heavy atom. The minimum Gasteiger partial charge on any atom is -0.494 e. The van der Waals surface area contributed by atoms with E-state index in [9.17, 15) is 4.79 Å². The third kappa shape index (κ3) is 1.83. The normalized spacial score (nSPS) is 9.13. The van der Waals surface area contributed by atoms with Crippen molar-refractivity contribution >= 4 is 11.7 Å². The van der Waals surface area contributed by atoms with Crippen LogP contribution in [0.3, 0.4) is 0 Å². The van der Waals surface area contributed by atoms with Gasteiger partial charge >= 0.3 is 5.97 Å². The molecule has 0 radical (unpaired) electrons. The van der Waals surface area contributed by atoms with Crippen LogP contribution in [-0.4, -0.2) is 20.2 Å². The molecule has 0 aliphatic carbocycles. The van der Waals surface area contributed by atoms with Crippen molar-refractivity contribution in [3.63, 3.8) is 0 Å². The van der Waals surface area contributed by atoms with E-state index in [0.717, 1.165) is 0 Å². The zero-order chi connectivity index (χ0) is 11.4. The molecule has 1 rings (SSSR count). The van der Waals surface area contributed by atoms with Crippen LogP contribution in [-0.2, 0) is 4.74 Å². The molecule has 0 atom stereocenters. The molecule has 1 aromatic carbocycles. The van der Waals surface area contributed by atoms with Gasteiger partial charge in [0.05, 0.1) is 25.5 Å². The topological polar surface area (TPSA) is 85.3 Å². The number of nitrogens with zero attached hydrogens (tertiary/aromatic N) is 1. The van der Waals surface area contributed by atoms with Gasteiger partial charge in [-0.05, 0) is 12.1 Å². The van der Waals surface area contributed by atoms with Crippen molar-refractivity contribution in [2.75, 3.05) is 20.0 Å². The second kappa shape index (κ2) is 4.33. The molecule has 0 spiro atoms. The molecule has 1 aromatic rings. The minimum atomic E-state index is -0.624. The average molecular weight is 206 g/mol. The first-order chi connectivity index (χ1) is 7.15. The van der Waals surface area contributed by atoms with Crippen LogP contribution in [0, 0.1) is 11.3 Å². The SMILES string of the molecule is COC(=O)c1c(N)ccc(C#N)c1OC. The van der Waals surface area contributed by atoms with E-state index in [1.807, 2.05) is 6.07 Å². The Morgan fingerprint density at radius 3 is 2.60 bits per heavy atom. The maximum atomic E-state index is 11.4. The third-order valence-corrected chi connectivity index (χ3v) is 1.90. The molecule has 0 heterocycles. The van der Waals surface area contributed by atoms with Crippen LogP contribution >= 0.6 is 0 Å². The van der Waals surface area contributed by atoms with Crippen molar-refractivity contribution in [1.29, 1.82) is 5.26 Å². The molecule has 5 nitrogen and oxygen atoms in total. The van der Waals surface area contributed by atoms with Gasteiger partial charge in [0.1, 0.15) is 11.6 Å². The van der Waals surface area contributed by atoms with E-state index in [0.29, 0.717) is 0 Å². The van der Waals surface area contributed by atoms with Crippen molar-refractivity contribution in [2.45, 2.75) is 0 Å². The summed E-state index contributed by atoms with van der Waals surface area (Å²) >= 11 is 0. The molecule has 0 unspecified atom stereocenters. The molecular weight excluding hydrogens is 196 g/mol. The standard InChI is InChI=1S/C10H10N2O3/c1-14-9-6(5-11)3-4-7(12)8(9)10(13)15-2/h3-4H,12H2,1-2H3. The summed E-state index contributed by atoms with van der Waals surface area (Å²) in [6, 6.07) is 4.86. The predicted molar refractivity (Wildman–Crippen MR) is 53.5 cm³/mol. The van der Waals surface area contributed by atoms with Gasteiger partial charge in [0.15, 0.2) is 5.75 Å². The first-order valence-electron chi connectivity index (χ1n) is 4.10. The van der Waals surface area contributed by atoms with Crippen molar-refractivity contribution in [2.24, 2.45) is 0 Å². The number of esters is 1. The highest BCUT2D eigenvalue weighted by Crippen LogP contribution is 2.28. The number of methoxy groups -OCH3 is 2. The van der Waals surface area contributed by atoms with Crippen LogP contribution in [0.25, 0.3) is 0 Å². The lowest BCUT2D eigenvalue weighted by atomic mass is 10.1. The summed E-state index contributed by atoms with van der Waals surface area (Å²) < 4.78 is 9.52. The number of carbonyl (C=O) groups excluding carboxylic acids is 1. The summed E-state index contributed by atoms with van der Waals surface area (Å²) in [6.07, 6.45) is 0. The van der Waals surface area contributed by atoms with E-state index < -0.39 is 5.97 Å². The highest BCUT2D eigenvalue weighted by molar-refractivity contribution is 5.99. The van der Waals surface area contributed by atoms with E-state index in [1.54, 1.807) is 0 Å². The molecule has 0 saturated carbocycles.